The zero-order valence-electron chi connectivity index (χ0n) is 11.2. The predicted molar refractivity (Wildman–Crippen MR) is 73.9 cm³/mol. The van der Waals surface area contributed by atoms with Gasteiger partial charge in [0, 0.05) is 13.1 Å². The van der Waals surface area contributed by atoms with Gasteiger partial charge in [0.25, 0.3) is 5.56 Å². The lowest BCUT2D eigenvalue weighted by molar-refractivity contribution is 0.411. The highest BCUT2D eigenvalue weighted by Gasteiger charge is 2.15. The molecule has 0 amide bonds. The van der Waals surface area contributed by atoms with Crippen molar-refractivity contribution in [2.45, 2.75) is 0 Å². The highest BCUT2D eigenvalue weighted by Crippen LogP contribution is 2.24. The van der Waals surface area contributed by atoms with E-state index < -0.39 is 17.1 Å². The summed E-state index contributed by atoms with van der Waals surface area (Å²) in [4.78, 5) is 32.2. The first kappa shape index (κ1) is 13.1. The largest absolute Gasteiger partial charge is 0.497 e. The number of imidazole rings is 1. The molecule has 2 heterocycles. The van der Waals surface area contributed by atoms with E-state index in [2.05, 4.69) is 15.0 Å². The molecule has 0 saturated carbocycles. The SMILES string of the molecule is COc1ccc(-c2nc3c([nH]2)c(=O)[nH]c(=O)n3C)c(F)c1. The summed E-state index contributed by atoms with van der Waals surface area (Å²) in [7, 11) is 2.90. The molecule has 0 unspecified atom stereocenters. The van der Waals surface area contributed by atoms with E-state index in [0.29, 0.717) is 5.75 Å². The lowest BCUT2D eigenvalue weighted by atomic mass is 10.2. The van der Waals surface area contributed by atoms with E-state index in [9.17, 15) is 14.0 Å². The normalized spacial score (nSPS) is 11.0. The molecule has 21 heavy (non-hydrogen) atoms. The summed E-state index contributed by atoms with van der Waals surface area (Å²) in [5.41, 5.74) is -0.725. The quantitative estimate of drug-likeness (QED) is 0.729. The van der Waals surface area contributed by atoms with Gasteiger partial charge in [-0.2, -0.15) is 0 Å². The van der Waals surface area contributed by atoms with Gasteiger partial charge in [0.1, 0.15) is 22.9 Å². The molecule has 8 heteroatoms. The topological polar surface area (TPSA) is 92.8 Å². The lowest BCUT2D eigenvalue weighted by Gasteiger charge is -2.02. The van der Waals surface area contributed by atoms with Crippen LogP contribution in [0.25, 0.3) is 22.6 Å². The third-order valence-electron chi connectivity index (χ3n) is 3.19. The fraction of sp³-hybridized carbons (Fsp3) is 0.154. The number of methoxy groups -OCH3 is 1. The molecule has 0 radical (unpaired) electrons. The molecule has 3 aromatic rings. The van der Waals surface area contributed by atoms with Crippen molar-refractivity contribution in [3.8, 4) is 17.1 Å². The van der Waals surface area contributed by atoms with Crippen LogP contribution in [-0.2, 0) is 7.05 Å². The highest BCUT2D eigenvalue weighted by molar-refractivity contribution is 5.75. The summed E-state index contributed by atoms with van der Waals surface area (Å²) in [5.74, 6) is -0.00991. The van der Waals surface area contributed by atoms with Crippen LogP contribution in [0, 0.1) is 5.82 Å². The van der Waals surface area contributed by atoms with E-state index in [1.807, 2.05) is 0 Å². The number of nitrogens with zero attached hydrogens (tertiary/aromatic N) is 2. The van der Waals surface area contributed by atoms with Gasteiger partial charge in [0.15, 0.2) is 5.65 Å². The minimum Gasteiger partial charge on any atom is -0.497 e. The fourth-order valence-corrected chi connectivity index (χ4v) is 2.05. The maximum Gasteiger partial charge on any atom is 0.329 e. The molecule has 3 rings (SSSR count). The molecule has 0 aliphatic heterocycles. The number of H-pyrrole nitrogens is 2. The number of hydrogen-bond donors (Lipinski definition) is 2. The van der Waals surface area contributed by atoms with Crippen LogP contribution in [0.3, 0.4) is 0 Å². The van der Waals surface area contributed by atoms with Gasteiger partial charge in [-0.15, -0.1) is 0 Å². The number of halogens is 1. The Morgan fingerprint density at radius 1 is 1.29 bits per heavy atom. The summed E-state index contributed by atoms with van der Waals surface area (Å²) in [5, 5.41) is 0. The molecule has 2 aromatic heterocycles. The zero-order chi connectivity index (χ0) is 15.1. The van der Waals surface area contributed by atoms with Gasteiger partial charge < -0.3 is 9.72 Å². The summed E-state index contributed by atoms with van der Waals surface area (Å²) < 4.78 is 20.1. The second-order valence-electron chi connectivity index (χ2n) is 4.45. The van der Waals surface area contributed by atoms with Crippen LogP contribution in [0.2, 0.25) is 0 Å². The average Bonchev–Trinajstić information content (AvgIpc) is 2.90. The summed E-state index contributed by atoms with van der Waals surface area (Å²) in [6, 6.07) is 4.28. The summed E-state index contributed by atoms with van der Waals surface area (Å²) >= 11 is 0. The predicted octanol–water partition coefficient (Wildman–Crippen LogP) is 0.765. The van der Waals surface area contributed by atoms with E-state index >= 15 is 0 Å². The van der Waals surface area contributed by atoms with Crippen molar-refractivity contribution < 1.29 is 9.13 Å². The van der Waals surface area contributed by atoms with Crippen molar-refractivity contribution in [1.82, 2.24) is 19.5 Å². The Hall–Kier alpha value is -2.90. The summed E-state index contributed by atoms with van der Waals surface area (Å²) in [6.45, 7) is 0. The number of fused-ring (bicyclic) bond motifs is 1. The Balaban J connectivity index is 2.27. The fourth-order valence-electron chi connectivity index (χ4n) is 2.05. The number of ether oxygens (including phenoxy) is 1. The molecule has 0 atom stereocenters. The first-order valence-corrected chi connectivity index (χ1v) is 6.04. The molecule has 7 nitrogen and oxygen atoms in total. The molecule has 2 N–H and O–H groups in total. The van der Waals surface area contributed by atoms with Gasteiger partial charge >= 0.3 is 5.69 Å². The number of nitrogens with one attached hydrogen (secondary N) is 2. The first-order valence-electron chi connectivity index (χ1n) is 6.04. The number of rotatable bonds is 2. The van der Waals surface area contributed by atoms with Gasteiger partial charge in [-0.3, -0.25) is 14.3 Å². The zero-order valence-corrected chi connectivity index (χ0v) is 11.2. The minimum absolute atomic E-state index is 0.113. The monoisotopic (exact) mass is 290 g/mol. The minimum atomic E-state index is -0.597. The van der Waals surface area contributed by atoms with Crippen molar-refractivity contribution in [3.05, 3.63) is 44.9 Å². The van der Waals surface area contributed by atoms with Crippen LogP contribution < -0.4 is 16.0 Å². The molecule has 0 fully saturated rings. The average molecular weight is 290 g/mol. The standard InChI is InChI=1S/C13H11FN4O3/c1-18-11-9(12(19)17-13(18)20)15-10(16-11)7-4-3-6(21-2)5-8(7)14/h3-5H,1-2H3,(H,15,16)(H,17,19,20). The molecule has 0 saturated heterocycles. The molecule has 0 bridgehead atoms. The maximum absolute atomic E-state index is 14.0. The third kappa shape index (κ3) is 2.00. The van der Waals surface area contributed by atoms with E-state index in [1.165, 1.54) is 30.9 Å². The van der Waals surface area contributed by atoms with Gasteiger partial charge in [-0.05, 0) is 12.1 Å². The van der Waals surface area contributed by atoms with Gasteiger partial charge in [0.2, 0.25) is 0 Å². The van der Waals surface area contributed by atoms with E-state index in [1.54, 1.807) is 6.07 Å². The molecule has 0 spiro atoms. The Morgan fingerprint density at radius 3 is 2.71 bits per heavy atom. The molecule has 0 aliphatic carbocycles. The van der Waals surface area contributed by atoms with Crippen LogP contribution >= 0.6 is 0 Å². The van der Waals surface area contributed by atoms with Crippen LogP contribution in [-0.4, -0.2) is 26.6 Å². The first-order chi connectivity index (χ1) is 10.0. The second-order valence-corrected chi connectivity index (χ2v) is 4.45. The number of aryl methyl sites for hydroxylation is 1. The third-order valence-corrected chi connectivity index (χ3v) is 3.19. The number of hydrogen-bond acceptors (Lipinski definition) is 4. The van der Waals surface area contributed by atoms with Crippen LogP contribution in [0.5, 0.6) is 5.75 Å². The van der Waals surface area contributed by atoms with Crippen molar-refractivity contribution in [1.29, 1.82) is 0 Å². The van der Waals surface area contributed by atoms with E-state index in [4.69, 9.17) is 4.74 Å². The summed E-state index contributed by atoms with van der Waals surface area (Å²) in [6.07, 6.45) is 0. The molecular formula is C13H11FN4O3. The number of aromatic amines is 2. The van der Waals surface area contributed by atoms with E-state index in [-0.39, 0.29) is 22.6 Å². The molecule has 0 aliphatic rings. The van der Waals surface area contributed by atoms with Crippen molar-refractivity contribution in [3.63, 3.8) is 0 Å². The number of benzene rings is 1. The van der Waals surface area contributed by atoms with Crippen LogP contribution in [0.1, 0.15) is 0 Å². The molecule has 1 aromatic carbocycles. The van der Waals surface area contributed by atoms with Gasteiger partial charge in [0.05, 0.1) is 12.7 Å². The van der Waals surface area contributed by atoms with Gasteiger partial charge in [-0.1, -0.05) is 0 Å². The van der Waals surface area contributed by atoms with Crippen LogP contribution in [0.15, 0.2) is 27.8 Å². The maximum atomic E-state index is 14.0. The second kappa shape index (κ2) is 4.58. The van der Waals surface area contributed by atoms with Crippen LogP contribution in [0.4, 0.5) is 4.39 Å². The highest BCUT2D eigenvalue weighted by atomic mass is 19.1. The van der Waals surface area contributed by atoms with Crippen molar-refractivity contribution in [2.24, 2.45) is 7.05 Å². The smallest absolute Gasteiger partial charge is 0.329 e. The van der Waals surface area contributed by atoms with Crippen molar-refractivity contribution in [2.75, 3.05) is 7.11 Å². The number of aromatic nitrogens is 4. The van der Waals surface area contributed by atoms with Crippen molar-refractivity contribution >= 4 is 11.2 Å². The molecule has 108 valence electrons. The Bertz CT molecular complexity index is 954. The van der Waals surface area contributed by atoms with Gasteiger partial charge in [-0.25, -0.2) is 14.2 Å². The molecular weight excluding hydrogens is 279 g/mol. The van der Waals surface area contributed by atoms with E-state index in [0.717, 1.165) is 0 Å². The lowest BCUT2D eigenvalue weighted by Crippen LogP contribution is -2.28. The Kier molecular flexibility index (Phi) is 2.86. The Morgan fingerprint density at radius 2 is 2.05 bits per heavy atom. The Labute approximate surface area is 117 Å².